The number of fused-ring (bicyclic) bond motifs is 1. The molecule has 1 unspecified atom stereocenters. The second-order valence-corrected chi connectivity index (χ2v) is 10.2. The van der Waals surface area contributed by atoms with Crippen LogP contribution in [0.1, 0.15) is 66.6 Å². The van der Waals surface area contributed by atoms with Crippen LogP contribution in [0.3, 0.4) is 0 Å². The quantitative estimate of drug-likeness (QED) is 0.222. The molecule has 0 aliphatic carbocycles. The topological polar surface area (TPSA) is 42.3 Å². The lowest BCUT2D eigenvalue weighted by molar-refractivity contribution is -0.108. The number of hydrogen-bond donors (Lipinski definition) is 0. The smallest absolute Gasteiger partial charge is 0.256 e. The highest BCUT2D eigenvalue weighted by Crippen LogP contribution is 2.32. The first kappa shape index (κ1) is 24.8. The monoisotopic (exact) mass is 498 g/mol. The molecule has 1 atom stereocenters. The van der Waals surface area contributed by atoms with Gasteiger partial charge in [0.05, 0.1) is 5.56 Å². The van der Waals surface area contributed by atoms with E-state index in [0.717, 1.165) is 84.8 Å². The molecule has 0 spiro atoms. The summed E-state index contributed by atoms with van der Waals surface area (Å²) in [5, 5.41) is 2.33. The van der Waals surface area contributed by atoms with Crippen molar-refractivity contribution < 1.29 is 9.59 Å². The van der Waals surface area contributed by atoms with Gasteiger partial charge in [-0.1, -0.05) is 48.2 Å². The molecule has 6 heteroatoms. The number of unbranched alkanes of at least 4 members (excludes halogenated alkanes) is 3. The van der Waals surface area contributed by atoms with Crippen LogP contribution in [0.15, 0.2) is 42.5 Å². The number of carbonyl (C=O) groups excluding carboxylic acids is 2. The Bertz CT molecular complexity index is 1170. The number of carbonyl (C=O) groups is 2. The second kappa shape index (κ2) is 11.4. The highest BCUT2D eigenvalue weighted by molar-refractivity contribution is 6.31. The Morgan fingerprint density at radius 3 is 2.56 bits per heavy atom. The maximum absolute atomic E-state index is 13.8. The molecular weight excluding hydrogens is 467 g/mol. The Kier molecular flexibility index (Phi) is 8.33. The van der Waals surface area contributed by atoms with Gasteiger partial charge >= 0.3 is 0 Å². The first-order chi connectivity index (χ1) is 16.5. The van der Waals surface area contributed by atoms with Crippen LogP contribution in [0.25, 0.3) is 10.9 Å². The molecule has 0 N–H and O–H groups in total. The standard InChI is InChI=1S/C28H32Cl2N2O2/c1-31-25-14-13-22(30)19-24(25)27(28(34)32-16-7-11-23(32)15-17-33)26(31)12-5-3-2-4-8-20-9-6-10-21(29)18-20/h6,9-10,13-14,17-19,23H,2-5,7-8,11-12,15-16H2,1H3. The van der Waals surface area contributed by atoms with Gasteiger partial charge in [0.1, 0.15) is 6.29 Å². The third kappa shape index (κ3) is 5.50. The second-order valence-electron chi connectivity index (χ2n) is 9.28. The Morgan fingerprint density at radius 1 is 1.03 bits per heavy atom. The molecule has 1 aliphatic heterocycles. The van der Waals surface area contributed by atoms with Crippen molar-refractivity contribution in [1.82, 2.24) is 9.47 Å². The Hall–Kier alpha value is -2.30. The zero-order valence-electron chi connectivity index (χ0n) is 19.7. The number of amides is 1. The fourth-order valence-corrected chi connectivity index (χ4v) is 5.66. The maximum atomic E-state index is 13.8. The fraction of sp³-hybridized carbons (Fsp3) is 0.429. The van der Waals surface area contributed by atoms with Crippen molar-refractivity contribution in [2.45, 2.75) is 63.8 Å². The first-order valence-electron chi connectivity index (χ1n) is 12.3. The Labute approximate surface area is 211 Å². The molecule has 4 nitrogen and oxygen atoms in total. The van der Waals surface area contributed by atoms with Crippen LogP contribution in [0.4, 0.5) is 0 Å². The molecule has 1 aromatic heterocycles. The van der Waals surface area contributed by atoms with Crippen LogP contribution in [-0.2, 0) is 24.7 Å². The number of aryl methyl sites for hydroxylation is 2. The van der Waals surface area contributed by atoms with Gasteiger partial charge in [-0.2, -0.15) is 0 Å². The molecule has 1 amide bonds. The van der Waals surface area contributed by atoms with Gasteiger partial charge in [0.25, 0.3) is 5.91 Å². The van der Waals surface area contributed by atoms with Crippen LogP contribution in [0.2, 0.25) is 10.0 Å². The van der Waals surface area contributed by atoms with Crippen LogP contribution < -0.4 is 0 Å². The third-order valence-electron chi connectivity index (χ3n) is 7.02. The van der Waals surface area contributed by atoms with E-state index in [2.05, 4.69) is 10.6 Å². The number of rotatable bonds is 10. The van der Waals surface area contributed by atoms with E-state index in [1.54, 1.807) is 0 Å². The normalized spacial score (nSPS) is 15.9. The van der Waals surface area contributed by atoms with Crippen molar-refractivity contribution in [3.05, 3.63) is 69.3 Å². The molecule has 0 saturated carbocycles. The molecular formula is C28H32Cl2N2O2. The summed E-state index contributed by atoms with van der Waals surface area (Å²) < 4.78 is 2.15. The summed E-state index contributed by atoms with van der Waals surface area (Å²) in [6, 6.07) is 13.9. The Balaban J connectivity index is 1.47. The first-order valence-corrected chi connectivity index (χ1v) is 13.0. The van der Waals surface area contributed by atoms with E-state index in [1.165, 1.54) is 5.56 Å². The van der Waals surface area contributed by atoms with Crippen LogP contribution in [0.5, 0.6) is 0 Å². The summed E-state index contributed by atoms with van der Waals surface area (Å²) in [4.78, 5) is 26.8. The summed E-state index contributed by atoms with van der Waals surface area (Å²) >= 11 is 12.4. The molecule has 2 aromatic carbocycles. The molecule has 180 valence electrons. The van der Waals surface area contributed by atoms with Crippen LogP contribution in [0, 0.1) is 0 Å². The molecule has 3 aromatic rings. The predicted octanol–water partition coefficient (Wildman–Crippen LogP) is 7.02. The average Bonchev–Trinajstić information content (AvgIpc) is 3.38. The number of halogens is 2. The van der Waals surface area contributed by atoms with Gasteiger partial charge in [0, 0.05) is 52.7 Å². The fourth-order valence-electron chi connectivity index (χ4n) is 5.27. The molecule has 34 heavy (non-hydrogen) atoms. The zero-order valence-corrected chi connectivity index (χ0v) is 21.2. The van der Waals surface area contributed by atoms with E-state index in [0.29, 0.717) is 18.0 Å². The summed E-state index contributed by atoms with van der Waals surface area (Å²) in [5.41, 5.74) is 4.13. The molecule has 0 bridgehead atoms. The Morgan fingerprint density at radius 2 is 1.79 bits per heavy atom. The molecule has 4 rings (SSSR count). The number of likely N-dealkylation sites (tertiary alicyclic amines) is 1. The van der Waals surface area contributed by atoms with Crippen LogP contribution >= 0.6 is 23.2 Å². The van der Waals surface area contributed by atoms with Gasteiger partial charge in [-0.25, -0.2) is 0 Å². The largest absolute Gasteiger partial charge is 0.347 e. The summed E-state index contributed by atoms with van der Waals surface area (Å²) in [6.07, 6.45) is 9.42. The minimum atomic E-state index is -0.00113. The van der Waals surface area contributed by atoms with Crippen molar-refractivity contribution in [3.8, 4) is 0 Å². The van der Waals surface area contributed by atoms with E-state index in [4.69, 9.17) is 23.2 Å². The minimum Gasteiger partial charge on any atom is -0.347 e. The molecule has 1 fully saturated rings. The van der Waals surface area contributed by atoms with Gasteiger partial charge < -0.3 is 14.3 Å². The number of nitrogens with zero attached hydrogens (tertiary/aromatic N) is 2. The van der Waals surface area contributed by atoms with Crippen molar-refractivity contribution in [2.24, 2.45) is 7.05 Å². The lowest BCUT2D eigenvalue weighted by Gasteiger charge is -2.24. The van der Waals surface area contributed by atoms with Gasteiger partial charge in [-0.15, -0.1) is 0 Å². The van der Waals surface area contributed by atoms with E-state index in [1.807, 2.05) is 48.3 Å². The maximum Gasteiger partial charge on any atom is 0.256 e. The third-order valence-corrected chi connectivity index (χ3v) is 7.49. The van der Waals surface area contributed by atoms with Gasteiger partial charge in [0.15, 0.2) is 0 Å². The van der Waals surface area contributed by atoms with Crippen molar-refractivity contribution in [1.29, 1.82) is 0 Å². The number of hydrogen-bond acceptors (Lipinski definition) is 2. The predicted molar refractivity (Wildman–Crippen MR) is 140 cm³/mol. The van der Waals surface area contributed by atoms with Gasteiger partial charge in [-0.05, 0) is 74.4 Å². The highest BCUT2D eigenvalue weighted by atomic mass is 35.5. The van der Waals surface area contributed by atoms with E-state index in [9.17, 15) is 9.59 Å². The van der Waals surface area contributed by atoms with Crippen molar-refractivity contribution >= 4 is 46.3 Å². The average molecular weight is 499 g/mol. The summed E-state index contributed by atoms with van der Waals surface area (Å²) in [5.74, 6) is 0.0353. The molecule has 0 radical (unpaired) electrons. The SMILES string of the molecule is Cn1c(CCCCCCc2cccc(Cl)c2)c(C(=O)N2CCCC2CC=O)c2cc(Cl)ccc21. The van der Waals surface area contributed by atoms with Gasteiger partial charge in [0.2, 0.25) is 0 Å². The van der Waals surface area contributed by atoms with Crippen LogP contribution in [-0.4, -0.2) is 34.2 Å². The molecule has 1 aliphatic rings. The van der Waals surface area contributed by atoms with E-state index >= 15 is 0 Å². The van der Waals surface area contributed by atoms with Gasteiger partial charge in [-0.3, -0.25) is 4.79 Å². The van der Waals surface area contributed by atoms with E-state index < -0.39 is 0 Å². The van der Waals surface area contributed by atoms with Crippen molar-refractivity contribution in [2.75, 3.05) is 6.54 Å². The summed E-state index contributed by atoms with van der Waals surface area (Å²) in [7, 11) is 2.04. The minimum absolute atomic E-state index is 0.00113. The molecule has 2 heterocycles. The number of aromatic nitrogens is 1. The number of aldehydes is 1. The highest BCUT2D eigenvalue weighted by Gasteiger charge is 2.32. The van der Waals surface area contributed by atoms with Crippen molar-refractivity contribution in [3.63, 3.8) is 0 Å². The van der Waals surface area contributed by atoms with E-state index in [-0.39, 0.29) is 11.9 Å². The number of benzene rings is 2. The molecule has 1 saturated heterocycles. The lowest BCUT2D eigenvalue weighted by atomic mass is 10.0. The zero-order chi connectivity index (χ0) is 24.1. The summed E-state index contributed by atoms with van der Waals surface area (Å²) in [6.45, 7) is 0.706. The lowest BCUT2D eigenvalue weighted by Crippen LogP contribution is -2.36.